The van der Waals surface area contributed by atoms with Crippen LogP contribution in [0.3, 0.4) is 0 Å². The van der Waals surface area contributed by atoms with Crippen LogP contribution < -0.4 is 4.90 Å². The van der Waals surface area contributed by atoms with Crippen LogP contribution in [0.25, 0.3) is 0 Å². The first kappa shape index (κ1) is 13.8. The summed E-state index contributed by atoms with van der Waals surface area (Å²) in [6.07, 6.45) is 2.56. The number of carbonyl (C=O) groups is 1. The molecule has 2 aromatic rings. The Hall–Kier alpha value is -2.15. The van der Waals surface area contributed by atoms with E-state index >= 15 is 0 Å². The molecular weight excluding hydrogens is 272 g/mol. The molecule has 0 bridgehead atoms. The van der Waals surface area contributed by atoms with Gasteiger partial charge in [0.1, 0.15) is 12.4 Å². The quantitative estimate of drug-likeness (QED) is 0.864. The van der Waals surface area contributed by atoms with E-state index in [0.29, 0.717) is 12.4 Å². The topological polar surface area (TPSA) is 73.4 Å². The van der Waals surface area contributed by atoms with Gasteiger partial charge in [-0.25, -0.2) is 4.68 Å². The van der Waals surface area contributed by atoms with E-state index in [-0.39, 0.29) is 23.7 Å². The van der Waals surface area contributed by atoms with E-state index in [4.69, 9.17) is 9.26 Å². The minimum atomic E-state index is -0.178. The Kier molecular flexibility index (Phi) is 3.50. The highest BCUT2D eigenvalue weighted by Crippen LogP contribution is 2.32. The molecule has 0 saturated carbocycles. The van der Waals surface area contributed by atoms with Gasteiger partial charge in [-0.05, 0) is 20.3 Å². The molecule has 2 atom stereocenters. The second kappa shape index (κ2) is 5.33. The maximum absolute atomic E-state index is 12.7. The van der Waals surface area contributed by atoms with Gasteiger partial charge in [-0.2, -0.15) is 5.10 Å². The summed E-state index contributed by atoms with van der Waals surface area (Å²) < 4.78 is 11.9. The summed E-state index contributed by atoms with van der Waals surface area (Å²) >= 11 is 0. The second-order valence-electron chi connectivity index (χ2n) is 5.35. The summed E-state index contributed by atoms with van der Waals surface area (Å²) in [7, 11) is 1.57. The summed E-state index contributed by atoms with van der Waals surface area (Å²) in [6, 6.07) is 3.83. The number of aromatic nitrogens is 3. The van der Waals surface area contributed by atoms with Gasteiger partial charge in [0.15, 0.2) is 11.5 Å². The average molecular weight is 290 g/mol. The third kappa shape index (κ3) is 2.33. The number of rotatable bonds is 3. The average Bonchev–Trinajstić information content (AvgIpc) is 3.08. The first-order valence-electron chi connectivity index (χ1n) is 6.93. The fraction of sp³-hybridized carbons (Fsp3) is 0.500. The SMILES string of the molecule is COCc1cc(C(=O)N2c3ccnn3[C@H](C)C[C@@H]2C)no1. The van der Waals surface area contributed by atoms with Gasteiger partial charge < -0.3 is 9.26 Å². The number of amides is 1. The van der Waals surface area contributed by atoms with E-state index in [0.717, 1.165) is 12.2 Å². The van der Waals surface area contributed by atoms with Gasteiger partial charge in [0.25, 0.3) is 5.91 Å². The highest BCUT2D eigenvalue weighted by molar-refractivity contribution is 6.04. The molecule has 0 unspecified atom stereocenters. The maximum Gasteiger partial charge on any atom is 0.281 e. The molecule has 3 rings (SSSR count). The van der Waals surface area contributed by atoms with Crippen molar-refractivity contribution in [2.45, 2.75) is 39.0 Å². The van der Waals surface area contributed by atoms with Gasteiger partial charge in [-0.1, -0.05) is 5.16 Å². The number of methoxy groups -OCH3 is 1. The van der Waals surface area contributed by atoms with Crippen LogP contribution >= 0.6 is 0 Å². The zero-order chi connectivity index (χ0) is 15.0. The van der Waals surface area contributed by atoms with E-state index in [1.54, 1.807) is 24.3 Å². The molecule has 1 aliphatic rings. The molecule has 0 fully saturated rings. The summed E-state index contributed by atoms with van der Waals surface area (Å²) in [5.74, 6) is 1.15. The van der Waals surface area contributed by atoms with Crippen molar-refractivity contribution in [3.05, 3.63) is 29.8 Å². The lowest BCUT2D eigenvalue weighted by atomic mass is 10.1. The first-order valence-corrected chi connectivity index (χ1v) is 6.93. The molecule has 0 spiro atoms. The molecule has 0 radical (unpaired) electrons. The number of nitrogens with zero attached hydrogens (tertiary/aromatic N) is 4. The summed E-state index contributed by atoms with van der Waals surface area (Å²) in [6.45, 7) is 4.42. The van der Waals surface area contributed by atoms with Crippen molar-refractivity contribution < 1.29 is 14.1 Å². The van der Waals surface area contributed by atoms with Crippen molar-refractivity contribution >= 4 is 11.7 Å². The van der Waals surface area contributed by atoms with E-state index in [2.05, 4.69) is 17.2 Å². The molecule has 0 N–H and O–H groups in total. The van der Waals surface area contributed by atoms with Crippen molar-refractivity contribution in [2.75, 3.05) is 12.0 Å². The fourth-order valence-corrected chi connectivity index (χ4v) is 2.81. The van der Waals surface area contributed by atoms with E-state index in [1.807, 2.05) is 17.7 Å². The van der Waals surface area contributed by atoms with E-state index in [9.17, 15) is 4.79 Å². The Labute approximate surface area is 122 Å². The highest BCUT2D eigenvalue weighted by Gasteiger charge is 2.34. The van der Waals surface area contributed by atoms with Gasteiger partial charge in [-0.3, -0.25) is 9.69 Å². The lowest BCUT2D eigenvalue weighted by molar-refractivity contribution is 0.0957. The molecule has 2 aromatic heterocycles. The molecule has 7 heteroatoms. The molecule has 0 aromatic carbocycles. The molecular formula is C14H18N4O3. The Balaban J connectivity index is 1.92. The minimum Gasteiger partial charge on any atom is -0.377 e. The number of hydrogen-bond donors (Lipinski definition) is 0. The zero-order valence-corrected chi connectivity index (χ0v) is 12.3. The second-order valence-corrected chi connectivity index (χ2v) is 5.35. The van der Waals surface area contributed by atoms with Gasteiger partial charge in [-0.15, -0.1) is 0 Å². The predicted octanol–water partition coefficient (Wildman–Crippen LogP) is 2.02. The van der Waals surface area contributed by atoms with Crippen LogP contribution in [-0.2, 0) is 11.3 Å². The number of ether oxygens (including phenoxy) is 1. The van der Waals surface area contributed by atoms with Crippen LogP contribution in [0.4, 0.5) is 5.82 Å². The molecule has 112 valence electrons. The lowest BCUT2D eigenvalue weighted by Crippen LogP contribution is -2.45. The van der Waals surface area contributed by atoms with Crippen LogP contribution in [0.5, 0.6) is 0 Å². The van der Waals surface area contributed by atoms with Crippen LogP contribution in [-0.4, -0.2) is 34.0 Å². The molecule has 3 heterocycles. The van der Waals surface area contributed by atoms with Crippen LogP contribution in [0.2, 0.25) is 0 Å². The summed E-state index contributed by atoms with van der Waals surface area (Å²) in [4.78, 5) is 14.4. The smallest absolute Gasteiger partial charge is 0.281 e. The normalized spacial score (nSPS) is 21.4. The molecule has 21 heavy (non-hydrogen) atoms. The molecule has 0 aliphatic carbocycles. The number of anilines is 1. The summed E-state index contributed by atoms with van der Waals surface area (Å²) in [5.41, 5.74) is 0.288. The van der Waals surface area contributed by atoms with Crippen molar-refractivity contribution in [3.63, 3.8) is 0 Å². The molecule has 0 saturated heterocycles. The van der Waals surface area contributed by atoms with Crippen molar-refractivity contribution in [3.8, 4) is 0 Å². The predicted molar refractivity (Wildman–Crippen MR) is 75.0 cm³/mol. The molecule has 1 amide bonds. The Morgan fingerprint density at radius 2 is 2.29 bits per heavy atom. The van der Waals surface area contributed by atoms with Crippen LogP contribution in [0.1, 0.15) is 42.6 Å². The molecule has 1 aliphatic heterocycles. The monoisotopic (exact) mass is 290 g/mol. The number of hydrogen-bond acceptors (Lipinski definition) is 5. The van der Waals surface area contributed by atoms with Gasteiger partial charge >= 0.3 is 0 Å². The largest absolute Gasteiger partial charge is 0.377 e. The van der Waals surface area contributed by atoms with Gasteiger partial charge in [0.05, 0.1) is 12.2 Å². The Morgan fingerprint density at radius 3 is 3.05 bits per heavy atom. The van der Waals surface area contributed by atoms with Crippen molar-refractivity contribution in [1.82, 2.24) is 14.9 Å². The minimum absolute atomic E-state index is 0.0827. The standard InChI is InChI=1S/C14H18N4O3/c1-9-6-10(2)18-13(4-5-15-18)17(9)14(19)12-7-11(8-20-3)21-16-12/h4-5,7,9-10H,6,8H2,1-3H3/t9-,10+/m0/s1. The third-order valence-corrected chi connectivity index (χ3v) is 3.72. The van der Waals surface area contributed by atoms with Gasteiger partial charge in [0, 0.05) is 25.3 Å². The van der Waals surface area contributed by atoms with E-state index in [1.165, 1.54) is 0 Å². The Bertz CT molecular complexity index is 648. The van der Waals surface area contributed by atoms with Crippen LogP contribution in [0.15, 0.2) is 22.9 Å². The first-order chi connectivity index (χ1) is 10.1. The van der Waals surface area contributed by atoms with Crippen molar-refractivity contribution in [2.24, 2.45) is 0 Å². The van der Waals surface area contributed by atoms with Crippen molar-refractivity contribution in [1.29, 1.82) is 0 Å². The van der Waals surface area contributed by atoms with Crippen LogP contribution in [0, 0.1) is 0 Å². The fourth-order valence-electron chi connectivity index (χ4n) is 2.81. The molecule has 7 nitrogen and oxygen atoms in total. The maximum atomic E-state index is 12.7. The third-order valence-electron chi connectivity index (χ3n) is 3.72. The van der Waals surface area contributed by atoms with E-state index < -0.39 is 0 Å². The number of fused-ring (bicyclic) bond motifs is 1. The number of carbonyl (C=O) groups excluding carboxylic acids is 1. The Morgan fingerprint density at radius 1 is 1.48 bits per heavy atom. The lowest BCUT2D eigenvalue weighted by Gasteiger charge is -2.36. The summed E-state index contributed by atoms with van der Waals surface area (Å²) in [5, 5.41) is 8.14. The zero-order valence-electron chi connectivity index (χ0n) is 12.3. The van der Waals surface area contributed by atoms with Gasteiger partial charge in [0.2, 0.25) is 0 Å². The highest BCUT2D eigenvalue weighted by atomic mass is 16.5.